The summed E-state index contributed by atoms with van der Waals surface area (Å²) in [5.74, 6) is 0.274. The Hall–Kier alpha value is -2.84. The fourth-order valence-electron chi connectivity index (χ4n) is 3.50. The molecule has 3 rings (SSSR count). The molecule has 0 aliphatic carbocycles. The van der Waals surface area contributed by atoms with Gasteiger partial charge in [-0.1, -0.05) is 0 Å². The standard InChI is InChI=1S/C19H25N3O6/c1-18(2,3)28-17(24)21-12-19(13-21)8-10-20(11-9-19)16(23)27-15-6-4-14(5-7-15)22(25)26/h4-7H,8-13H2,1-3H3. The molecule has 0 radical (unpaired) electrons. The molecule has 0 saturated carbocycles. The lowest BCUT2D eigenvalue weighted by molar-refractivity contribution is -0.384. The molecule has 0 aromatic heterocycles. The molecule has 0 bridgehead atoms. The van der Waals surface area contributed by atoms with E-state index < -0.39 is 16.6 Å². The van der Waals surface area contributed by atoms with Crippen LogP contribution in [0.3, 0.4) is 0 Å². The molecule has 1 spiro atoms. The van der Waals surface area contributed by atoms with Crippen LogP contribution >= 0.6 is 0 Å². The van der Waals surface area contributed by atoms with Crippen LogP contribution in [-0.2, 0) is 4.74 Å². The SMILES string of the molecule is CC(C)(C)OC(=O)N1CC2(CCN(C(=O)Oc3ccc([N+](=O)[O-])cc3)CC2)C1. The van der Waals surface area contributed by atoms with E-state index in [0.29, 0.717) is 26.2 Å². The van der Waals surface area contributed by atoms with Gasteiger partial charge in [-0.3, -0.25) is 10.1 Å². The third-order valence-electron chi connectivity index (χ3n) is 5.04. The lowest BCUT2D eigenvalue weighted by atomic mass is 9.72. The van der Waals surface area contributed by atoms with E-state index >= 15 is 0 Å². The molecule has 0 unspecified atom stereocenters. The molecule has 1 aromatic carbocycles. The Morgan fingerprint density at radius 3 is 2.11 bits per heavy atom. The molecule has 9 nitrogen and oxygen atoms in total. The normalized spacial score (nSPS) is 18.4. The molecular weight excluding hydrogens is 366 g/mol. The van der Waals surface area contributed by atoms with Crippen molar-refractivity contribution in [2.75, 3.05) is 26.2 Å². The summed E-state index contributed by atoms with van der Waals surface area (Å²) in [4.78, 5) is 37.9. The Balaban J connectivity index is 1.46. The fourth-order valence-corrected chi connectivity index (χ4v) is 3.50. The van der Waals surface area contributed by atoms with Crippen molar-refractivity contribution in [2.24, 2.45) is 5.41 Å². The van der Waals surface area contributed by atoms with Crippen LogP contribution in [-0.4, -0.2) is 58.7 Å². The maximum absolute atomic E-state index is 12.3. The van der Waals surface area contributed by atoms with Gasteiger partial charge in [-0.25, -0.2) is 9.59 Å². The topological polar surface area (TPSA) is 102 Å². The average molecular weight is 391 g/mol. The van der Waals surface area contributed by atoms with Crippen molar-refractivity contribution >= 4 is 17.9 Å². The zero-order chi connectivity index (χ0) is 20.5. The molecule has 152 valence electrons. The maximum Gasteiger partial charge on any atom is 0.415 e. The van der Waals surface area contributed by atoms with Crippen LogP contribution < -0.4 is 4.74 Å². The van der Waals surface area contributed by atoms with Gasteiger partial charge in [0.25, 0.3) is 5.69 Å². The number of ether oxygens (including phenoxy) is 2. The molecule has 0 atom stereocenters. The number of piperidine rings is 1. The van der Waals surface area contributed by atoms with E-state index in [2.05, 4.69) is 0 Å². The number of amides is 2. The summed E-state index contributed by atoms with van der Waals surface area (Å²) in [6.07, 6.45) is 0.828. The third kappa shape index (κ3) is 4.52. The van der Waals surface area contributed by atoms with E-state index in [-0.39, 0.29) is 22.9 Å². The molecule has 2 aliphatic rings. The number of nitrogens with zero attached hydrogens (tertiary/aromatic N) is 3. The summed E-state index contributed by atoms with van der Waals surface area (Å²) in [6.45, 7) is 7.92. The van der Waals surface area contributed by atoms with Crippen molar-refractivity contribution < 1.29 is 24.0 Å². The second kappa shape index (κ2) is 7.29. The molecular formula is C19H25N3O6. The van der Waals surface area contributed by atoms with Crippen LogP contribution in [0, 0.1) is 15.5 Å². The Labute approximate surface area is 163 Å². The molecule has 2 heterocycles. The molecule has 9 heteroatoms. The summed E-state index contributed by atoms with van der Waals surface area (Å²) in [6, 6.07) is 5.42. The summed E-state index contributed by atoms with van der Waals surface area (Å²) < 4.78 is 10.7. The molecule has 2 amide bonds. The van der Waals surface area contributed by atoms with Gasteiger partial charge in [-0.2, -0.15) is 0 Å². The molecule has 0 N–H and O–H groups in total. The molecule has 2 aliphatic heterocycles. The predicted octanol–water partition coefficient (Wildman–Crippen LogP) is 3.43. The van der Waals surface area contributed by atoms with E-state index in [4.69, 9.17) is 9.47 Å². The number of non-ortho nitro benzene ring substituents is 1. The van der Waals surface area contributed by atoms with Gasteiger partial charge >= 0.3 is 12.2 Å². The molecule has 2 saturated heterocycles. The Morgan fingerprint density at radius 2 is 1.61 bits per heavy atom. The Kier molecular flexibility index (Phi) is 5.18. The van der Waals surface area contributed by atoms with Crippen LogP contribution in [0.4, 0.5) is 15.3 Å². The van der Waals surface area contributed by atoms with Crippen molar-refractivity contribution in [3.05, 3.63) is 34.4 Å². The van der Waals surface area contributed by atoms with Gasteiger partial charge < -0.3 is 19.3 Å². The number of hydrogen-bond donors (Lipinski definition) is 0. The number of hydrogen-bond acceptors (Lipinski definition) is 6. The Bertz CT molecular complexity index is 755. The highest BCUT2D eigenvalue weighted by Gasteiger charge is 2.48. The summed E-state index contributed by atoms with van der Waals surface area (Å²) in [5.41, 5.74) is -0.523. The summed E-state index contributed by atoms with van der Waals surface area (Å²) >= 11 is 0. The van der Waals surface area contributed by atoms with E-state index in [1.807, 2.05) is 20.8 Å². The maximum atomic E-state index is 12.3. The number of carbonyl (C=O) groups is 2. The van der Waals surface area contributed by atoms with Gasteiger partial charge in [-0.05, 0) is 45.7 Å². The van der Waals surface area contributed by atoms with Crippen molar-refractivity contribution in [3.63, 3.8) is 0 Å². The quantitative estimate of drug-likeness (QED) is 0.565. The predicted molar refractivity (Wildman–Crippen MR) is 100 cm³/mol. The Morgan fingerprint density at radius 1 is 1.04 bits per heavy atom. The number of carbonyl (C=O) groups excluding carboxylic acids is 2. The van der Waals surface area contributed by atoms with Crippen LogP contribution in [0.2, 0.25) is 0 Å². The van der Waals surface area contributed by atoms with Crippen molar-refractivity contribution in [1.29, 1.82) is 0 Å². The second-order valence-corrected chi connectivity index (χ2v) is 8.44. The third-order valence-corrected chi connectivity index (χ3v) is 5.04. The highest BCUT2D eigenvalue weighted by atomic mass is 16.6. The van der Waals surface area contributed by atoms with Crippen LogP contribution in [0.5, 0.6) is 5.75 Å². The zero-order valence-corrected chi connectivity index (χ0v) is 16.3. The van der Waals surface area contributed by atoms with Crippen LogP contribution in [0.1, 0.15) is 33.6 Å². The fraction of sp³-hybridized carbons (Fsp3) is 0.579. The highest BCUT2D eigenvalue weighted by molar-refractivity contribution is 5.71. The molecule has 28 heavy (non-hydrogen) atoms. The molecule has 1 aromatic rings. The van der Waals surface area contributed by atoms with Gasteiger partial charge in [0.15, 0.2) is 0 Å². The first kappa shape index (κ1) is 19.9. The lowest BCUT2D eigenvalue weighted by Crippen LogP contribution is -2.62. The van der Waals surface area contributed by atoms with Crippen LogP contribution in [0.25, 0.3) is 0 Å². The first-order valence-electron chi connectivity index (χ1n) is 9.26. The first-order chi connectivity index (χ1) is 13.1. The second-order valence-electron chi connectivity index (χ2n) is 8.44. The minimum Gasteiger partial charge on any atom is -0.444 e. The first-order valence-corrected chi connectivity index (χ1v) is 9.26. The number of likely N-dealkylation sites (tertiary alicyclic amines) is 2. The lowest BCUT2D eigenvalue weighted by Gasteiger charge is -2.53. The van der Waals surface area contributed by atoms with Gasteiger partial charge in [0.2, 0.25) is 0 Å². The number of nitro benzene ring substituents is 1. The number of benzene rings is 1. The summed E-state index contributed by atoms with van der Waals surface area (Å²) in [7, 11) is 0. The van der Waals surface area contributed by atoms with E-state index in [1.165, 1.54) is 24.3 Å². The highest BCUT2D eigenvalue weighted by Crippen LogP contribution is 2.41. The van der Waals surface area contributed by atoms with Gasteiger partial charge in [0, 0.05) is 43.7 Å². The minimum atomic E-state index is -0.509. The number of nitro groups is 1. The van der Waals surface area contributed by atoms with Crippen molar-refractivity contribution in [2.45, 2.75) is 39.2 Å². The minimum absolute atomic E-state index is 0.0427. The van der Waals surface area contributed by atoms with Gasteiger partial charge in [-0.15, -0.1) is 0 Å². The van der Waals surface area contributed by atoms with Gasteiger partial charge in [0.05, 0.1) is 4.92 Å². The number of rotatable bonds is 2. The van der Waals surface area contributed by atoms with Gasteiger partial charge in [0.1, 0.15) is 11.4 Å². The van der Waals surface area contributed by atoms with E-state index in [1.54, 1.807) is 9.80 Å². The zero-order valence-electron chi connectivity index (χ0n) is 16.3. The van der Waals surface area contributed by atoms with Crippen molar-refractivity contribution in [3.8, 4) is 5.75 Å². The van der Waals surface area contributed by atoms with Crippen LogP contribution in [0.15, 0.2) is 24.3 Å². The van der Waals surface area contributed by atoms with E-state index in [0.717, 1.165) is 12.8 Å². The molecule has 2 fully saturated rings. The van der Waals surface area contributed by atoms with Crippen molar-refractivity contribution in [1.82, 2.24) is 9.80 Å². The average Bonchev–Trinajstić information content (AvgIpc) is 2.58. The monoisotopic (exact) mass is 391 g/mol. The largest absolute Gasteiger partial charge is 0.444 e. The van der Waals surface area contributed by atoms with E-state index in [9.17, 15) is 19.7 Å². The summed E-state index contributed by atoms with van der Waals surface area (Å²) in [5, 5.41) is 10.7. The smallest absolute Gasteiger partial charge is 0.415 e.